The molecule has 0 amide bonds. The summed E-state index contributed by atoms with van der Waals surface area (Å²) in [5.41, 5.74) is 1.26. The Morgan fingerprint density at radius 1 is 1.26 bits per heavy atom. The minimum absolute atomic E-state index is 0.273. The van der Waals surface area contributed by atoms with Gasteiger partial charge in [0.15, 0.2) is 5.65 Å². The van der Waals surface area contributed by atoms with Gasteiger partial charge < -0.3 is 10.3 Å². The van der Waals surface area contributed by atoms with E-state index in [9.17, 15) is 4.39 Å². The maximum atomic E-state index is 13.7. The van der Waals surface area contributed by atoms with E-state index in [4.69, 9.17) is 0 Å². The molecule has 1 aromatic carbocycles. The molecule has 0 saturated carbocycles. The van der Waals surface area contributed by atoms with Gasteiger partial charge in [0.1, 0.15) is 16.4 Å². The monoisotopic (exact) mass is 275 g/mol. The van der Waals surface area contributed by atoms with Crippen molar-refractivity contribution in [3.63, 3.8) is 0 Å². The largest absolute Gasteiger partial charge is 0.357 e. The molecule has 0 fully saturated rings. The van der Waals surface area contributed by atoms with Crippen LogP contribution in [0.5, 0.6) is 0 Å². The molecule has 0 saturated heterocycles. The number of rotatable bonds is 3. The van der Waals surface area contributed by atoms with Crippen molar-refractivity contribution in [2.75, 3.05) is 12.4 Å². The molecule has 19 heavy (non-hydrogen) atoms. The van der Waals surface area contributed by atoms with E-state index in [0.717, 1.165) is 0 Å². The van der Waals surface area contributed by atoms with E-state index >= 15 is 0 Å². The van der Waals surface area contributed by atoms with Crippen LogP contribution in [-0.2, 0) is 0 Å². The van der Waals surface area contributed by atoms with Crippen molar-refractivity contribution in [3.05, 3.63) is 36.4 Å². The quantitative estimate of drug-likeness (QED) is 0.719. The zero-order valence-electron chi connectivity index (χ0n) is 10.0. The second kappa shape index (κ2) is 4.85. The normalized spacial score (nSPS) is 10.8. The van der Waals surface area contributed by atoms with Gasteiger partial charge >= 0.3 is 0 Å². The Kier molecular flexibility index (Phi) is 3.04. The van der Waals surface area contributed by atoms with Gasteiger partial charge in [-0.05, 0) is 12.1 Å². The highest BCUT2D eigenvalue weighted by molar-refractivity contribution is 7.99. The summed E-state index contributed by atoms with van der Waals surface area (Å²) in [7, 11) is 1.73. The van der Waals surface area contributed by atoms with E-state index < -0.39 is 0 Å². The minimum atomic E-state index is -0.273. The fraction of sp³-hybridized carbons (Fsp3) is 0.0833. The zero-order chi connectivity index (χ0) is 13.2. The van der Waals surface area contributed by atoms with Gasteiger partial charge in [0.05, 0.1) is 6.33 Å². The first-order valence-corrected chi connectivity index (χ1v) is 6.41. The van der Waals surface area contributed by atoms with Crippen LogP contribution < -0.4 is 5.32 Å². The summed E-state index contributed by atoms with van der Waals surface area (Å²) in [5.74, 6) is 0.184. The zero-order valence-corrected chi connectivity index (χ0v) is 10.8. The summed E-state index contributed by atoms with van der Waals surface area (Å²) < 4.78 is 13.7. The highest BCUT2D eigenvalue weighted by Gasteiger charge is 2.12. The maximum Gasteiger partial charge on any atom is 0.225 e. The molecule has 2 N–H and O–H groups in total. The molecule has 5 nitrogen and oxygen atoms in total. The van der Waals surface area contributed by atoms with E-state index in [0.29, 0.717) is 27.0 Å². The van der Waals surface area contributed by atoms with Crippen molar-refractivity contribution in [2.24, 2.45) is 0 Å². The highest BCUT2D eigenvalue weighted by atomic mass is 32.2. The number of aromatic amines is 1. The SMILES string of the molecule is CNc1nc(Sc2ccccc2F)c2[nH]cnc2n1. The summed E-state index contributed by atoms with van der Waals surface area (Å²) in [6, 6.07) is 6.58. The van der Waals surface area contributed by atoms with Crippen molar-refractivity contribution in [3.8, 4) is 0 Å². The molecule has 0 unspecified atom stereocenters. The lowest BCUT2D eigenvalue weighted by molar-refractivity contribution is 0.602. The van der Waals surface area contributed by atoms with Gasteiger partial charge in [-0.2, -0.15) is 4.98 Å². The summed E-state index contributed by atoms with van der Waals surface area (Å²) in [4.78, 5) is 16.1. The Labute approximate surface area is 112 Å². The van der Waals surface area contributed by atoms with Gasteiger partial charge in [-0.25, -0.2) is 14.4 Å². The molecule has 2 heterocycles. The summed E-state index contributed by atoms with van der Waals surface area (Å²) >= 11 is 1.24. The van der Waals surface area contributed by atoms with E-state index in [2.05, 4.69) is 25.3 Å². The van der Waals surface area contributed by atoms with Gasteiger partial charge in [0.25, 0.3) is 0 Å². The number of halogens is 1. The Hall–Kier alpha value is -2.15. The number of hydrogen-bond donors (Lipinski definition) is 2. The maximum absolute atomic E-state index is 13.7. The first kappa shape index (κ1) is 11.9. The number of benzene rings is 1. The first-order valence-electron chi connectivity index (χ1n) is 5.59. The van der Waals surface area contributed by atoms with Crippen LogP contribution in [0.2, 0.25) is 0 Å². The van der Waals surface area contributed by atoms with Crippen LogP contribution in [0.15, 0.2) is 40.5 Å². The van der Waals surface area contributed by atoms with Crippen molar-refractivity contribution in [2.45, 2.75) is 9.92 Å². The number of H-pyrrole nitrogens is 1. The van der Waals surface area contributed by atoms with E-state index in [1.165, 1.54) is 17.8 Å². The molecular formula is C12H10FN5S. The van der Waals surface area contributed by atoms with E-state index in [-0.39, 0.29) is 5.82 Å². The molecule has 0 aliphatic heterocycles. The summed E-state index contributed by atoms with van der Waals surface area (Å²) in [5, 5.41) is 3.50. The second-order valence-corrected chi connectivity index (χ2v) is 4.77. The fourth-order valence-electron chi connectivity index (χ4n) is 1.62. The fourth-order valence-corrected chi connectivity index (χ4v) is 2.53. The molecule has 96 valence electrons. The van der Waals surface area contributed by atoms with Crippen LogP contribution in [0.3, 0.4) is 0 Å². The third kappa shape index (κ3) is 2.24. The molecule has 2 aromatic heterocycles. The molecule has 0 aliphatic rings. The topological polar surface area (TPSA) is 66.5 Å². The molecule has 7 heteroatoms. The second-order valence-electron chi connectivity index (χ2n) is 3.74. The lowest BCUT2D eigenvalue weighted by Crippen LogP contribution is -1.98. The predicted molar refractivity (Wildman–Crippen MR) is 71.8 cm³/mol. The van der Waals surface area contributed by atoms with Gasteiger partial charge in [-0.15, -0.1) is 0 Å². The van der Waals surface area contributed by atoms with Crippen LogP contribution in [0, 0.1) is 5.82 Å². The number of imidazole rings is 1. The van der Waals surface area contributed by atoms with Gasteiger partial charge in [-0.1, -0.05) is 23.9 Å². The smallest absolute Gasteiger partial charge is 0.225 e. The molecule has 0 radical (unpaired) electrons. The lowest BCUT2D eigenvalue weighted by atomic mass is 10.3. The minimum Gasteiger partial charge on any atom is -0.357 e. The first-order chi connectivity index (χ1) is 9.28. The lowest BCUT2D eigenvalue weighted by Gasteiger charge is -2.05. The van der Waals surface area contributed by atoms with Crippen LogP contribution in [-0.4, -0.2) is 27.0 Å². The van der Waals surface area contributed by atoms with Crippen LogP contribution in [0.25, 0.3) is 11.2 Å². The molecular weight excluding hydrogens is 265 g/mol. The Bertz CT molecular complexity index is 727. The standard InChI is InChI=1S/C12H10FN5S/c1-14-12-17-10-9(15-6-16-10)11(18-12)19-8-5-3-2-4-7(8)13/h2-6H,1H3,(H2,14,15,16,17,18). The van der Waals surface area contributed by atoms with Gasteiger partial charge in [0.2, 0.25) is 5.95 Å². The Morgan fingerprint density at radius 2 is 2.11 bits per heavy atom. The molecule has 3 aromatic rings. The molecule has 3 rings (SSSR count). The molecule has 0 spiro atoms. The average molecular weight is 275 g/mol. The number of nitrogens with zero attached hydrogens (tertiary/aromatic N) is 3. The number of aromatic nitrogens is 4. The molecule has 0 aliphatic carbocycles. The molecule has 0 bridgehead atoms. The number of fused-ring (bicyclic) bond motifs is 1. The average Bonchev–Trinajstić information content (AvgIpc) is 2.89. The highest BCUT2D eigenvalue weighted by Crippen LogP contribution is 2.32. The summed E-state index contributed by atoms with van der Waals surface area (Å²) in [6.45, 7) is 0. The van der Waals surface area contributed by atoms with E-state index in [1.807, 2.05) is 0 Å². The predicted octanol–water partition coefficient (Wildman–Crippen LogP) is 2.68. The number of anilines is 1. The Balaban J connectivity index is 2.09. The number of hydrogen-bond acceptors (Lipinski definition) is 5. The number of nitrogens with one attached hydrogen (secondary N) is 2. The van der Waals surface area contributed by atoms with Crippen molar-refractivity contribution in [1.29, 1.82) is 0 Å². The third-order valence-corrected chi connectivity index (χ3v) is 3.56. The molecule has 0 atom stereocenters. The van der Waals surface area contributed by atoms with Crippen LogP contribution >= 0.6 is 11.8 Å². The van der Waals surface area contributed by atoms with Gasteiger partial charge in [-0.3, -0.25) is 0 Å². The van der Waals surface area contributed by atoms with Crippen LogP contribution in [0.4, 0.5) is 10.3 Å². The third-order valence-electron chi connectivity index (χ3n) is 2.52. The van der Waals surface area contributed by atoms with Crippen molar-refractivity contribution in [1.82, 2.24) is 19.9 Å². The van der Waals surface area contributed by atoms with Crippen LogP contribution in [0.1, 0.15) is 0 Å². The van der Waals surface area contributed by atoms with E-state index in [1.54, 1.807) is 31.6 Å². The Morgan fingerprint density at radius 3 is 2.89 bits per heavy atom. The van der Waals surface area contributed by atoms with Gasteiger partial charge in [0, 0.05) is 11.9 Å². The summed E-state index contributed by atoms with van der Waals surface area (Å²) in [6.07, 6.45) is 1.55. The van der Waals surface area contributed by atoms with Crippen molar-refractivity contribution >= 4 is 28.9 Å². The van der Waals surface area contributed by atoms with Crippen molar-refractivity contribution < 1.29 is 4.39 Å².